The smallest absolute Gasteiger partial charge is 0.317 e. The molecule has 0 radical (unpaired) electrons. The van der Waals surface area contributed by atoms with E-state index in [0.717, 1.165) is 17.9 Å². The van der Waals surface area contributed by atoms with E-state index in [4.69, 9.17) is 21.1 Å². The molecule has 1 aliphatic carbocycles. The first-order valence-electron chi connectivity index (χ1n) is 8.02. The lowest BCUT2D eigenvalue weighted by molar-refractivity contribution is -0.0494. The second-order valence-electron chi connectivity index (χ2n) is 6.34. The number of morpholine rings is 1. The van der Waals surface area contributed by atoms with Gasteiger partial charge in [0.15, 0.2) is 0 Å². The Morgan fingerprint density at radius 1 is 1.43 bits per heavy atom. The summed E-state index contributed by atoms with van der Waals surface area (Å²) >= 11 is 5.95. The highest BCUT2D eigenvalue weighted by molar-refractivity contribution is 6.30. The Labute approximate surface area is 141 Å². The number of ether oxygens (including phenoxy) is 2. The molecule has 6 heteroatoms. The van der Waals surface area contributed by atoms with E-state index in [-0.39, 0.29) is 17.6 Å². The number of rotatable bonds is 5. The average molecular weight is 339 g/mol. The van der Waals surface area contributed by atoms with Crippen molar-refractivity contribution in [3.63, 3.8) is 0 Å². The maximum absolute atomic E-state index is 12.4. The van der Waals surface area contributed by atoms with Crippen molar-refractivity contribution in [1.82, 2.24) is 10.2 Å². The number of hydrogen-bond acceptors (Lipinski definition) is 3. The van der Waals surface area contributed by atoms with Crippen LogP contribution in [0.4, 0.5) is 4.79 Å². The third kappa shape index (κ3) is 3.97. The van der Waals surface area contributed by atoms with Crippen LogP contribution in [0.3, 0.4) is 0 Å². The Balaban J connectivity index is 1.53. The molecule has 0 bridgehead atoms. The minimum Gasteiger partial charge on any atom is -0.382 e. The van der Waals surface area contributed by atoms with Crippen LogP contribution in [0.25, 0.3) is 0 Å². The number of urea groups is 1. The molecule has 1 heterocycles. The van der Waals surface area contributed by atoms with Gasteiger partial charge in [-0.3, -0.25) is 0 Å². The molecule has 2 fully saturated rings. The van der Waals surface area contributed by atoms with Gasteiger partial charge in [0.05, 0.1) is 25.9 Å². The molecule has 0 spiro atoms. The Kier molecular flexibility index (Phi) is 5.09. The number of methoxy groups -OCH3 is 1. The van der Waals surface area contributed by atoms with Crippen LogP contribution < -0.4 is 5.32 Å². The third-order valence-electron chi connectivity index (χ3n) is 4.67. The van der Waals surface area contributed by atoms with Gasteiger partial charge in [0.25, 0.3) is 0 Å². The number of carbonyl (C=O) groups is 1. The molecule has 3 rings (SSSR count). The Morgan fingerprint density at radius 2 is 2.17 bits per heavy atom. The zero-order valence-corrected chi connectivity index (χ0v) is 14.1. The predicted molar refractivity (Wildman–Crippen MR) is 89.0 cm³/mol. The summed E-state index contributed by atoms with van der Waals surface area (Å²) in [5, 5.41) is 3.83. The molecule has 0 aromatic heterocycles. The van der Waals surface area contributed by atoms with Gasteiger partial charge in [0.2, 0.25) is 0 Å². The zero-order valence-electron chi connectivity index (χ0n) is 13.4. The van der Waals surface area contributed by atoms with E-state index in [2.05, 4.69) is 17.4 Å². The van der Waals surface area contributed by atoms with E-state index in [1.807, 2.05) is 17.0 Å². The summed E-state index contributed by atoms with van der Waals surface area (Å²) in [5.41, 5.74) is 1.33. The van der Waals surface area contributed by atoms with Crippen molar-refractivity contribution >= 4 is 17.6 Å². The van der Waals surface area contributed by atoms with Crippen molar-refractivity contribution in [1.29, 1.82) is 0 Å². The quantitative estimate of drug-likeness (QED) is 0.897. The Hall–Kier alpha value is -1.30. The topological polar surface area (TPSA) is 50.8 Å². The first kappa shape index (κ1) is 16.6. The van der Waals surface area contributed by atoms with Gasteiger partial charge in [0.1, 0.15) is 0 Å². The number of benzene rings is 1. The van der Waals surface area contributed by atoms with Crippen LogP contribution in [0.2, 0.25) is 5.02 Å². The molecule has 126 valence electrons. The number of hydrogen-bond donors (Lipinski definition) is 1. The fourth-order valence-electron chi connectivity index (χ4n) is 3.07. The average Bonchev–Trinajstić information content (AvgIpc) is 3.35. The molecule has 2 amide bonds. The lowest BCUT2D eigenvalue weighted by atomic mass is 9.96. The molecule has 2 aliphatic rings. The first-order valence-corrected chi connectivity index (χ1v) is 8.40. The van der Waals surface area contributed by atoms with Crippen molar-refractivity contribution < 1.29 is 14.3 Å². The molecule has 5 nitrogen and oxygen atoms in total. The van der Waals surface area contributed by atoms with Crippen LogP contribution in [-0.2, 0) is 14.9 Å². The first-order chi connectivity index (χ1) is 11.1. The van der Waals surface area contributed by atoms with Gasteiger partial charge in [-0.25, -0.2) is 4.79 Å². The highest BCUT2D eigenvalue weighted by atomic mass is 35.5. The van der Waals surface area contributed by atoms with Crippen LogP contribution in [0.1, 0.15) is 18.4 Å². The minimum atomic E-state index is -0.0364. The van der Waals surface area contributed by atoms with E-state index in [1.165, 1.54) is 5.56 Å². The van der Waals surface area contributed by atoms with Crippen LogP contribution in [-0.4, -0.2) is 57.0 Å². The van der Waals surface area contributed by atoms with Crippen molar-refractivity contribution in [3.05, 3.63) is 34.9 Å². The lowest BCUT2D eigenvalue weighted by Gasteiger charge is -2.33. The Morgan fingerprint density at radius 3 is 2.83 bits per heavy atom. The van der Waals surface area contributed by atoms with E-state index in [0.29, 0.717) is 32.8 Å². The molecule has 23 heavy (non-hydrogen) atoms. The fraction of sp³-hybridized carbons (Fsp3) is 0.588. The van der Waals surface area contributed by atoms with Crippen LogP contribution in [0, 0.1) is 0 Å². The van der Waals surface area contributed by atoms with E-state index >= 15 is 0 Å². The van der Waals surface area contributed by atoms with Gasteiger partial charge in [-0.2, -0.15) is 0 Å². The summed E-state index contributed by atoms with van der Waals surface area (Å²) in [6.45, 7) is 2.94. The molecule has 1 saturated carbocycles. The normalized spacial score (nSPS) is 22.7. The monoisotopic (exact) mass is 338 g/mol. The molecule has 1 N–H and O–H groups in total. The second-order valence-corrected chi connectivity index (χ2v) is 6.78. The van der Waals surface area contributed by atoms with Crippen molar-refractivity contribution in [3.8, 4) is 0 Å². The second kappa shape index (κ2) is 7.07. The summed E-state index contributed by atoms with van der Waals surface area (Å²) in [7, 11) is 1.64. The van der Waals surface area contributed by atoms with E-state index in [1.54, 1.807) is 7.11 Å². The van der Waals surface area contributed by atoms with E-state index < -0.39 is 0 Å². The largest absolute Gasteiger partial charge is 0.382 e. The van der Waals surface area contributed by atoms with Gasteiger partial charge in [0, 0.05) is 30.6 Å². The standard InChI is InChI=1S/C17H23ClN2O3/c1-22-11-15-10-20(8-9-23-15)16(21)19-12-17(6-7-17)13-2-4-14(18)5-3-13/h2-5,15H,6-12H2,1H3,(H,19,21)/t15-/m0/s1. The van der Waals surface area contributed by atoms with Crippen molar-refractivity contribution in [2.45, 2.75) is 24.4 Å². The van der Waals surface area contributed by atoms with Gasteiger partial charge in [-0.05, 0) is 30.5 Å². The van der Waals surface area contributed by atoms with E-state index in [9.17, 15) is 4.79 Å². The number of nitrogens with zero attached hydrogens (tertiary/aromatic N) is 1. The van der Waals surface area contributed by atoms with Gasteiger partial charge < -0.3 is 19.7 Å². The SMILES string of the molecule is COC[C@@H]1CN(C(=O)NCC2(c3ccc(Cl)cc3)CC2)CCO1. The molecular formula is C17H23ClN2O3. The molecule has 1 aromatic carbocycles. The number of carbonyl (C=O) groups excluding carboxylic acids is 1. The summed E-state index contributed by atoms with van der Waals surface area (Å²) in [6.07, 6.45) is 2.17. The number of nitrogens with one attached hydrogen (secondary N) is 1. The van der Waals surface area contributed by atoms with Gasteiger partial charge in [-0.15, -0.1) is 0 Å². The summed E-state index contributed by atoms with van der Waals surface area (Å²) in [5.74, 6) is 0. The van der Waals surface area contributed by atoms with Gasteiger partial charge in [-0.1, -0.05) is 23.7 Å². The lowest BCUT2D eigenvalue weighted by Crippen LogP contribution is -2.51. The predicted octanol–water partition coefficient (Wildman–Crippen LogP) is 2.43. The van der Waals surface area contributed by atoms with Crippen molar-refractivity contribution in [2.75, 3.05) is 40.0 Å². The maximum Gasteiger partial charge on any atom is 0.317 e. The number of amides is 2. The molecular weight excluding hydrogens is 316 g/mol. The summed E-state index contributed by atoms with van der Waals surface area (Å²) in [4.78, 5) is 14.2. The zero-order chi connectivity index (χ0) is 16.3. The summed E-state index contributed by atoms with van der Waals surface area (Å²) < 4.78 is 10.7. The number of halogens is 1. The van der Waals surface area contributed by atoms with Crippen LogP contribution in [0.15, 0.2) is 24.3 Å². The van der Waals surface area contributed by atoms with Crippen LogP contribution in [0.5, 0.6) is 0 Å². The maximum atomic E-state index is 12.4. The van der Waals surface area contributed by atoms with Gasteiger partial charge >= 0.3 is 6.03 Å². The highest BCUT2D eigenvalue weighted by Crippen LogP contribution is 2.47. The molecule has 1 atom stereocenters. The fourth-order valence-corrected chi connectivity index (χ4v) is 3.19. The molecule has 1 aromatic rings. The Bertz CT molecular complexity index is 543. The molecule has 1 saturated heterocycles. The summed E-state index contributed by atoms with van der Waals surface area (Å²) in [6, 6.07) is 7.93. The minimum absolute atomic E-state index is 0.0189. The van der Waals surface area contributed by atoms with Crippen molar-refractivity contribution in [2.24, 2.45) is 0 Å². The van der Waals surface area contributed by atoms with Crippen LogP contribution >= 0.6 is 11.6 Å². The molecule has 0 unspecified atom stereocenters. The third-order valence-corrected chi connectivity index (χ3v) is 4.92. The molecule has 1 aliphatic heterocycles. The highest BCUT2D eigenvalue weighted by Gasteiger charge is 2.44.